The van der Waals surface area contributed by atoms with E-state index < -0.39 is 29.5 Å². The van der Waals surface area contributed by atoms with Gasteiger partial charge in [-0.15, -0.1) is 11.6 Å². The van der Waals surface area contributed by atoms with E-state index in [0.29, 0.717) is 6.42 Å². The van der Waals surface area contributed by atoms with Crippen molar-refractivity contribution in [3.05, 3.63) is 0 Å². The van der Waals surface area contributed by atoms with Crippen LogP contribution < -0.4 is 0 Å². The Morgan fingerprint density at radius 3 is 2.81 bits per heavy atom. The third kappa shape index (κ3) is 1.54. The smallest absolute Gasteiger partial charge is 0.324 e. The molecule has 0 bridgehead atoms. The van der Waals surface area contributed by atoms with Gasteiger partial charge in [-0.1, -0.05) is 0 Å². The third-order valence-electron chi connectivity index (χ3n) is 3.03. The number of carbonyl (C=O) groups is 1. The number of halogens is 1. The van der Waals surface area contributed by atoms with E-state index in [4.69, 9.17) is 30.5 Å². The molecule has 0 aromatic carbocycles. The molecule has 16 heavy (non-hydrogen) atoms. The van der Waals surface area contributed by atoms with Crippen LogP contribution in [0.2, 0.25) is 0 Å². The Labute approximate surface area is 97.9 Å². The molecule has 0 amide bonds. The summed E-state index contributed by atoms with van der Waals surface area (Å²) in [6, 6.07) is 0. The molecular weight excluding hydrogens is 236 g/mol. The second-order valence-corrected chi connectivity index (χ2v) is 5.27. The first-order valence-electron chi connectivity index (χ1n) is 5.32. The van der Waals surface area contributed by atoms with E-state index in [1.54, 1.807) is 13.8 Å². The maximum absolute atomic E-state index is 11.4. The fourth-order valence-corrected chi connectivity index (χ4v) is 2.61. The summed E-state index contributed by atoms with van der Waals surface area (Å²) in [7, 11) is 0. The Bertz CT molecular complexity index is 331. The average Bonchev–Trinajstić information content (AvgIpc) is 2.60. The summed E-state index contributed by atoms with van der Waals surface area (Å²) in [5, 5.41) is -0.631. The van der Waals surface area contributed by atoms with Crippen LogP contribution in [0.15, 0.2) is 0 Å². The van der Waals surface area contributed by atoms with Crippen molar-refractivity contribution >= 4 is 17.6 Å². The maximum Gasteiger partial charge on any atom is 0.324 e. The van der Waals surface area contributed by atoms with Crippen LogP contribution in [-0.2, 0) is 23.7 Å². The van der Waals surface area contributed by atoms with Crippen LogP contribution in [0.5, 0.6) is 0 Å². The van der Waals surface area contributed by atoms with Crippen molar-refractivity contribution in [3.8, 4) is 0 Å². The molecule has 6 heteroatoms. The molecule has 3 saturated heterocycles. The number of ether oxygens (including phenoxy) is 4. The lowest BCUT2D eigenvalue weighted by Crippen LogP contribution is -2.45. The number of hydrogen-bond donors (Lipinski definition) is 0. The van der Waals surface area contributed by atoms with Crippen molar-refractivity contribution < 1.29 is 23.7 Å². The fraction of sp³-hybridized carbons (Fsp3) is 0.900. The van der Waals surface area contributed by atoms with Crippen molar-refractivity contribution in [2.24, 2.45) is 0 Å². The van der Waals surface area contributed by atoms with E-state index in [9.17, 15) is 4.79 Å². The van der Waals surface area contributed by atoms with Gasteiger partial charge in [-0.25, -0.2) is 0 Å². The van der Waals surface area contributed by atoms with Crippen LogP contribution in [0.4, 0.5) is 0 Å². The largest absolute Gasteiger partial charge is 0.455 e. The molecule has 5 atom stereocenters. The molecule has 5 nitrogen and oxygen atoms in total. The van der Waals surface area contributed by atoms with Crippen molar-refractivity contribution in [3.63, 3.8) is 0 Å². The Morgan fingerprint density at radius 1 is 1.31 bits per heavy atom. The number of fused-ring (bicyclic) bond motifs is 3. The zero-order chi connectivity index (χ0) is 11.5. The average molecular weight is 249 g/mol. The predicted octanol–water partition coefficient (Wildman–Crippen LogP) is 0.786. The van der Waals surface area contributed by atoms with Gasteiger partial charge in [0, 0.05) is 6.42 Å². The van der Waals surface area contributed by atoms with Crippen LogP contribution in [0.3, 0.4) is 0 Å². The second-order valence-electron chi connectivity index (χ2n) is 4.75. The van der Waals surface area contributed by atoms with Gasteiger partial charge in [0.05, 0.1) is 0 Å². The molecule has 3 heterocycles. The van der Waals surface area contributed by atoms with Crippen LogP contribution in [0, 0.1) is 0 Å². The number of rotatable bonds is 0. The zero-order valence-corrected chi connectivity index (χ0v) is 9.77. The normalized spacial score (nSPS) is 49.7. The van der Waals surface area contributed by atoms with Crippen LogP contribution in [-0.4, -0.2) is 41.7 Å². The topological polar surface area (TPSA) is 54.0 Å². The minimum absolute atomic E-state index is 0.216. The standard InChI is InChI=1S/C10H13ClO5/c1-10(2)15-7-6-5(13-9(7)16-10)3-4(11)8(12)14-6/h4-7,9H,3H2,1-2H3/t4-,5+,6+,7+,9-/m0/s1. The molecule has 0 aromatic rings. The molecule has 3 aliphatic heterocycles. The first-order chi connectivity index (χ1) is 7.46. The van der Waals surface area contributed by atoms with Crippen LogP contribution in [0.1, 0.15) is 20.3 Å². The number of esters is 1. The highest BCUT2D eigenvalue weighted by Crippen LogP contribution is 2.42. The lowest BCUT2D eigenvalue weighted by molar-refractivity contribution is -0.224. The van der Waals surface area contributed by atoms with Crippen molar-refractivity contribution in [1.82, 2.24) is 0 Å². The summed E-state index contributed by atoms with van der Waals surface area (Å²) in [6.07, 6.45) is -0.959. The summed E-state index contributed by atoms with van der Waals surface area (Å²) < 4.78 is 22.1. The highest BCUT2D eigenvalue weighted by Gasteiger charge is 2.58. The van der Waals surface area contributed by atoms with Gasteiger partial charge >= 0.3 is 5.97 Å². The van der Waals surface area contributed by atoms with Gasteiger partial charge in [0.25, 0.3) is 0 Å². The highest BCUT2D eigenvalue weighted by atomic mass is 35.5. The van der Waals surface area contributed by atoms with E-state index in [1.165, 1.54) is 0 Å². The Morgan fingerprint density at radius 2 is 2.06 bits per heavy atom. The number of alkyl halides is 1. The molecule has 3 rings (SSSR count). The molecule has 90 valence electrons. The molecule has 0 N–H and O–H groups in total. The summed E-state index contributed by atoms with van der Waals surface area (Å²) in [4.78, 5) is 11.4. The molecule has 0 unspecified atom stereocenters. The Hall–Kier alpha value is -0.360. The zero-order valence-electron chi connectivity index (χ0n) is 9.01. The maximum atomic E-state index is 11.4. The lowest BCUT2D eigenvalue weighted by Gasteiger charge is -2.30. The molecule has 3 fully saturated rings. The monoisotopic (exact) mass is 248 g/mol. The summed E-state index contributed by atoms with van der Waals surface area (Å²) in [5.74, 6) is -1.09. The molecule has 0 spiro atoms. The van der Waals surface area contributed by atoms with Gasteiger partial charge in [0.1, 0.15) is 11.5 Å². The van der Waals surface area contributed by atoms with Gasteiger partial charge < -0.3 is 18.9 Å². The third-order valence-corrected chi connectivity index (χ3v) is 3.39. The SMILES string of the molecule is CC1(C)O[C@@H]2O[C@@H]3C[C@H](Cl)C(=O)O[C@H]3[C@H]2O1. The van der Waals surface area contributed by atoms with Gasteiger partial charge in [0.2, 0.25) is 0 Å². The molecule has 3 aliphatic rings. The minimum atomic E-state index is -0.690. The molecule has 0 saturated carbocycles. The van der Waals surface area contributed by atoms with E-state index in [-0.39, 0.29) is 12.2 Å². The van der Waals surface area contributed by atoms with E-state index in [0.717, 1.165) is 0 Å². The van der Waals surface area contributed by atoms with Gasteiger partial charge in [0.15, 0.2) is 24.3 Å². The van der Waals surface area contributed by atoms with Gasteiger partial charge in [-0.05, 0) is 13.8 Å². The van der Waals surface area contributed by atoms with E-state index >= 15 is 0 Å². The Balaban J connectivity index is 1.79. The summed E-state index contributed by atoms with van der Waals surface area (Å²) in [5.41, 5.74) is 0. The van der Waals surface area contributed by atoms with Crippen LogP contribution >= 0.6 is 11.6 Å². The van der Waals surface area contributed by atoms with Gasteiger partial charge in [-0.3, -0.25) is 4.79 Å². The molecule has 0 radical (unpaired) electrons. The number of hydrogen-bond acceptors (Lipinski definition) is 5. The molecule has 0 aromatic heterocycles. The first kappa shape index (κ1) is 10.8. The summed E-state index contributed by atoms with van der Waals surface area (Å²) in [6.45, 7) is 3.61. The van der Waals surface area contributed by atoms with Gasteiger partial charge in [-0.2, -0.15) is 0 Å². The predicted molar refractivity (Wildman–Crippen MR) is 52.8 cm³/mol. The van der Waals surface area contributed by atoms with Crippen molar-refractivity contribution in [2.75, 3.05) is 0 Å². The fourth-order valence-electron chi connectivity index (χ4n) is 2.39. The molecule has 0 aliphatic carbocycles. The Kier molecular flexibility index (Phi) is 2.24. The van der Waals surface area contributed by atoms with E-state index in [1.807, 2.05) is 0 Å². The number of carbonyl (C=O) groups excluding carboxylic acids is 1. The van der Waals surface area contributed by atoms with Crippen molar-refractivity contribution in [1.29, 1.82) is 0 Å². The quantitative estimate of drug-likeness (QED) is 0.469. The minimum Gasteiger partial charge on any atom is -0.455 e. The van der Waals surface area contributed by atoms with E-state index in [2.05, 4.69) is 0 Å². The highest BCUT2D eigenvalue weighted by molar-refractivity contribution is 6.30. The second kappa shape index (κ2) is 3.32. The van der Waals surface area contributed by atoms with Crippen molar-refractivity contribution in [2.45, 2.75) is 56.0 Å². The van der Waals surface area contributed by atoms with Crippen LogP contribution in [0.25, 0.3) is 0 Å². The first-order valence-corrected chi connectivity index (χ1v) is 5.75. The molecular formula is C10H13ClO5. The summed E-state index contributed by atoms with van der Waals surface area (Å²) >= 11 is 5.81. The lowest BCUT2D eigenvalue weighted by atomic mass is 10.0.